The van der Waals surface area contributed by atoms with Gasteiger partial charge in [-0.15, -0.1) is 0 Å². The molecule has 148 valence electrons. The van der Waals surface area contributed by atoms with Crippen molar-refractivity contribution in [3.05, 3.63) is 60.2 Å². The number of rotatable bonds is 4. The summed E-state index contributed by atoms with van der Waals surface area (Å²) in [4.78, 5) is 6.94. The van der Waals surface area contributed by atoms with Crippen LogP contribution < -0.4 is 10.2 Å². The first-order chi connectivity index (χ1) is 14.2. The van der Waals surface area contributed by atoms with Crippen molar-refractivity contribution in [1.29, 1.82) is 0 Å². The Bertz CT molecular complexity index is 1120. The third kappa shape index (κ3) is 3.23. The van der Waals surface area contributed by atoms with Gasteiger partial charge in [0, 0.05) is 48.1 Å². The average Bonchev–Trinajstić information content (AvgIpc) is 3.37. The van der Waals surface area contributed by atoms with E-state index in [-0.39, 0.29) is 0 Å². The van der Waals surface area contributed by atoms with Crippen LogP contribution >= 0.6 is 0 Å². The van der Waals surface area contributed by atoms with Crippen LogP contribution in [-0.4, -0.2) is 45.9 Å². The first kappa shape index (κ1) is 17.8. The van der Waals surface area contributed by atoms with E-state index in [0.29, 0.717) is 0 Å². The van der Waals surface area contributed by atoms with Crippen LogP contribution in [0.25, 0.3) is 16.9 Å². The largest absolute Gasteiger partial charge is 0.378 e. The average molecular weight is 388 g/mol. The minimum Gasteiger partial charge on any atom is -0.378 e. The van der Waals surface area contributed by atoms with Gasteiger partial charge in [-0.3, -0.25) is 9.50 Å². The van der Waals surface area contributed by atoms with E-state index in [0.717, 1.165) is 66.0 Å². The number of nitrogens with one attached hydrogen (secondary N) is 2. The second-order valence-corrected chi connectivity index (χ2v) is 7.33. The lowest BCUT2D eigenvalue weighted by molar-refractivity contribution is 0.122. The summed E-state index contributed by atoms with van der Waals surface area (Å²) in [5, 5.41) is 10.9. The van der Waals surface area contributed by atoms with Crippen molar-refractivity contribution in [2.75, 3.05) is 36.5 Å². The number of anilines is 3. The zero-order valence-electron chi connectivity index (χ0n) is 16.6. The molecule has 1 saturated heterocycles. The monoisotopic (exact) mass is 388 g/mol. The van der Waals surface area contributed by atoms with Gasteiger partial charge in [0.05, 0.1) is 30.3 Å². The maximum atomic E-state index is 5.44. The number of fused-ring (bicyclic) bond motifs is 1. The van der Waals surface area contributed by atoms with Gasteiger partial charge in [0.1, 0.15) is 0 Å². The van der Waals surface area contributed by atoms with Crippen molar-refractivity contribution in [1.82, 2.24) is 19.6 Å². The van der Waals surface area contributed by atoms with Crippen LogP contribution in [0.1, 0.15) is 11.4 Å². The molecule has 0 atom stereocenters. The van der Waals surface area contributed by atoms with Crippen LogP contribution in [0, 0.1) is 13.8 Å². The van der Waals surface area contributed by atoms with E-state index in [1.54, 1.807) is 0 Å². The second-order valence-electron chi connectivity index (χ2n) is 7.33. The zero-order chi connectivity index (χ0) is 19.8. The summed E-state index contributed by atoms with van der Waals surface area (Å²) in [6.45, 7) is 7.52. The molecule has 0 saturated carbocycles. The molecular formula is C22H24N6O. The molecule has 1 aliphatic heterocycles. The fraction of sp³-hybridized carbons (Fsp3) is 0.273. The first-order valence-corrected chi connectivity index (χ1v) is 9.88. The molecule has 4 heterocycles. The third-order valence-corrected chi connectivity index (χ3v) is 5.46. The second kappa shape index (κ2) is 7.25. The summed E-state index contributed by atoms with van der Waals surface area (Å²) in [6, 6.07) is 12.7. The summed E-state index contributed by atoms with van der Waals surface area (Å²) < 4.78 is 7.55. The normalized spacial score (nSPS) is 14.5. The lowest BCUT2D eigenvalue weighted by Gasteiger charge is -2.29. The molecule has 0 radical (unpaired) electrons. The Morgan fingerprint density at radius 3 is 2.55 bits per heavy atom. The first-order valence-electron chi connectivity index (χ1n) is 9.88. The maximum absolute atomic E-state index is 5.44. The highest BCUT2D eigenvalue weighted by atomic mass is 16.5. The van der Waals surface area contributed by atoms with Gasteiger partial charge in [0.2, 0.25) is 0 Å². The van der Waals surface area contributed by atoms with E-state index in [1.807, 2.05) is 26.2 Å². The summed E-state index contributed by atoms with van der Waals surface area (Å²) in [6.07, 6.45) is 3.82. The smallest absolute Gasteiger partial charge is 0.161 e. The Balaban J connectivity index is 1.44. The van der Waals surface area contributed by atoms with Crippen LogP contribution in [0.3, 0.4) is 0 Å². The fourth-order valence-corrected chi connectivity index (χ4v) is 3.98. The summed E-state index contributed by atoms with van der Waals surface area (Å²) in [5.41, 5.74) is 8.36. The van der Waals surface area contributed by atoms with E-state index in [1.165, 1.54) is 5.69 Å². The highest BCUT2D eigenvalue weighted by molar-refractivity contribution is 5.79. The van der Waals surface area contributed by atoms with Gasteiger partial charge in [0.15, 0.2) is 5.65 Å². The van der Waals surface area contributed by atoms with Crippen molar-refractivity contribution < 1.29 is 4.74 Å². The van der Waals surface area contributed by atoms with Gasteiger partial charge in [0.25, 0.3) is 0 Å². The number of imidazole rings is 1. The molecular weight excluding hydrogens is 364 g/mol. The van der Waals surface area contributed by atoms with Gasteiger partial charge in [-0.05, 0) is 50.2 Å². The molecule has 7 heteroatoms. The molecule has 1 aromatic carbocycles. The number of pyridine rings is 1. The molecule has 0 amide bonds. The molecule has 0 bridgehead atoms. The zero-order valence-corrected chi connectivity index (χ0v) is 16.6. The number of aromatic amines is 1. The molecule has 2 N–H and O–H groups in total. The molecule has 0 aliphatic carbocycles. The van der Waals surface area contributed by atoms with Crippen molar-refractivity contribution in [3.8, 4) is 11.3 Å². The maximum Gasteiger partial charge on any atom is 0.161 e. The summed E-state index contributed by atoms with van der Waals surface area (Å²) >= 11 is 0. The van der Waals surface area contributed by atoms with Gasteiger partial charge in [-0.2, -0.15) is 5.10 Å². The molecule has 3 aromatic heterocycles. The van der Waals surface area contributed by atoms with Crippen LogP contribution in [0.4, 0.5) is 17.1 Å². The number of hydrogen-bond donors (Lipinski definition) is 2. The molecule has 7 nitrogen and oxygen atoms in total. The molecule has 4 aromatic rings. The highest BCUT2D eigenvalue weighted by Crippen LogP contribution is 2.30. The van der Waals surface area contributed by atoms with E-state index in [9.17, 15) is 0 Å². The fourth-order valence-electron chi connectivity index (χ4n) is 3.98. The number of benzene rings is 1. The lowest BCUT2D eigenvalue weighted by Crippen LogP contribution is -2.36. The van der Waals surface area contributed by atoms with E-state index >= 15 is 0 Å². The van der Waals surface area contributed by atoms with Gasteiger partial charge < -0.3 is 15.0 Å². The predicted molar refractivity (Wildman–Crippen MR) is 115 cm³/mol. The topological polar surface area (TPSA) is 70.5 Å². The molecule has 1 fully saturated rings. The van der Waals surface area contributed by atoms with E-state index in [2.05, 4.69) is 66.2 Å². The van der Waals surface area contributed by atoms with Crippen LogP contribution in [0.15, 0.2) is 48.8 Å². The molecule has 1 aliphatic rings. The van der Waals surface area contributed by atoms with Crippen molar-refractivity contribution in [3.63, 3.8) is 0 Å². The Hall–Kier alpha value is -3.32. The standard InChI is InChI=1S/C22H24N6O/c1-15-21(16(2)26-25-15)20-8-7-19(22-23-9-10-28(20)22)24-17-3-5-18(6-4-17)27-11-13-29-14-12-27/h3-10,24H,11-14H2,1-2H3,(H,25,26). The molecule has 0 unspecified atom stereocenters. The number of H-pyrrole nitrogens is 1. The molecule has 29 heavy (non-hydrogen) atoms. The van der Waals surface area contributed by atoms with Crippen LogP contribution in [0.5, 0.6) is 0 Å². The number of aryl methyl sites for hydroxylation is 2. The quantitative estimate of drug-likeness (QED) is 0.554. The number of ether oxygens (including phenoxy) is 1. The third-order valence-electron chi connectivity index (χ3n) is 5.46. The summed E-state index contributed by atoms with van der Waals surface area (Å²) in [5.74, 6) is 0. The number of morpholine rings is 1. The Kier molecular flexibility index (Phi) is 4.44. The molecule has 0 spiro atoms. The predicted octanol–water partition coefficient (Wildman–Crippen LogP) is 3.92. The van der Waals surface area contributed by atoms with E-state index < -0.39 is 0 Å². The van der Waals surface area contributed by atoms with Crippen molar-refractivity contribution >= 4 is 22.7 Å². The number of hydrogen-bond acceptors (Lipinski definition) is 5. The Morgan fingerprint density at radius 2 is 1.83 bits per heavy atom. The summed E-state index contributed by atoms with van der Waals surface area (Å²) in [7, 11) is 0. The van der Waals surface area contributed by atoms with E-state index in [4.69, 9.17) is 4.74 Å². The highest BCUT2D eigenvalue weighted by Gasteiger charge is 2.15. The minimum atomic E-state index is 0.791. The van der Waals surface area contributed by atoms with Gasteiger partial charge >= 0.3 is 0 Å². The minimum absolute atomic E-state index is 0.791. The Morgan fingerprint density at radius 1 is 1.03 bits per heavy atom. The van der Waals surface area contributed by atoms with Crippen molar-refractivity contribution in [2.24, 2.45) is 0 Å². The SMILES string of the molecule is Cc1n[nH]c(C)c1-c1ccc(Nc2ccc(N3CCOCC3)cc2)c2nccn12. The number of nitrogens with zero attached hydrogens (tertiary/aromatic N) is 4. The molecule has 5 rings (SSSR count). The Labute approximate surface area is 169 Å². The van der Waals surface area contributed by atoms with Gasteiger partial charge in [-0.25, -0.2) is 4.98 Å². The van der Waals surface area contributed by atoms with Crippen LogP contribution in [-0.2, 0) is 4.74 Å². The number of aromatic nitrogens is 4. The van der Waals surface area contributed by atoms with Crippen LogP contribution in [0.2, 0.25) is 0 Å². The van der Waals surface area contributed by atoms with Gasteiger partial charge in [-0.1, -0.05) is 0 Å². The lowest BCUT2D eigenvalue weighted by atomic mass is 10.1. The van der Waals surface area contributed by atoms with Crippen molar-refractivity contribution in [2.45, 2.75) is 13.8 Å².